The van der Waals surface area contributed by atoms with Gasteiger partial charge in [0.1, 0.15) is 85.5 Å². The van der Waals surface area contributed by atoms with E-state index in [4.69, 9.17) is 14.2 Å². The number of benzene rings is 2. The molecule has 2 aromatic carbocycles. The van der Waals surface area contributed by atoms with Crippen molar-refractivity contribution in [2.75, 3.05) is 94.2 Å². The number of hydrogen-bond acceptors (Lipinski definition) is 25. The lowest BCUT2D eigenvalue weighted by atomic mass is 9.98. The summed E-state index contributed by atoms with van der Waals surface area (Å²) in [7, 11) is 0. The molecule has 3 amide bonds. The number of amides is 3. The van der Waals surface area contributed by atoms with Gasteiger partial charge >= 0.3 is 0 Å². The van der Waals surface area contributed by atoms with Gasteiger partial charge in [0.15, 0.2) is 32.5 Å². The molecule has 4 aliphatic heterocycles. The summed E-state index contributed by atoms with van der Waals surface area (Å²) in [5, 5.41) is 26.4. The quantitative estimate of drug-likeness (QED) is 0.0400. The molecule has 0 saturated carbocycles. The molecule has 0 unspecified atom stereocenters. The lowest BCUT2D eigenvalue weighted by Gasteiger charge is -2.30. The number of halogens is 2. The Kier molecular flexibility index (Phi) is 21.2. The number of piperidine rings is 3. The van der Waals surface area contributed by atoms with Gasteiger partial charge in [0, 0.05) is 38.0 Å². The summed E-state index contributed by atoms with van der Waals surface area (Å²) in [5.41, 5.74) is 3.55. The average Bonchev–Trinajstić information content (AvgIpc) is 1.57. The molecule has 13 rings (SSSR count). The van der Waals surface area contributed by atoms with Crippen LogP contribution in [0.4, 0.5) is 43.3 Å². The van der Waals surface area contributed by atoms with E-state index in [1.165, 1.54) is 77.3 Å². The molecule has 0 spiro atoms. The van der Waals surface area contributed by atoms with Crippen LogP contribution in [0.2, 0.25) is 0 Å². The number of rotatable bonds is 18. The van der Waals surface area contributed by atoms with E-state index < -0.39 is 5.82 Å². The number of aromatic nitrogens is 10. The minimum absolute atomic E-state index is 0.0135. The fourth-order valence-corrected chi connectivity index (χ4v) is 12.9. The largest absolute Gasteiger partial charge is 0.492 e. The van der Waals surface area contributed by atoms with Gasteiger partial charge in [-0.25, -0.2) is 58.6 Å². The molecule has 3 fully saturated rings. The van der Waals surface area contributed by atoms with Crippen molar-refractivity contribution < 1.29 is 37.4 Å². The lowest BCUT2D eigenvalue weighted by Crippen LogP contribution is -2.35. The molecule has 472 valence electrons. The van der Waals surface area contributed by atoms with Gasteiger partial charge in [0.2, 0.25) is 5.88 Å². The highest BCUT2D eigenvalue weighted by Crippen LogP contribution is 2.40. The SMILES string of the molecule is CC(C)Oc1ncccc1Nc1ncnc2sc(C(=O)NCC3CCNCC3)nc12.CCOc1cc(F)ccc1Nc1ncnc2sc(C(=O)NCC3CCNCC3)nc12.O=C(NCC1CCNCC1)c1nc2c(N3CCOc4cc(F)ccc43)ncnc2s1. The Hall–Kier alpha value is -8.55. The highest BCUT2D eigenvalue weighted by Gasteiger charge is 2.27. The summed E-state index contributed by atoms with van der Waals surface area (Å²) >= 11 is 3.72. The van der Waals surface area contributed by atoms with Crippen LogP contribution in [-0.4, -0.2) is 152 Å². The zero-order chi connectivity index (χ0) is 62.3. The molecule has 25 nitrogen and oxygen atoms in total. The average molecular weight is 1290 g/mol. The number of anilines is 6. The maximum absolute atomic E-state index is 13.6. The van der Waals surface area contributed by atoms with Gasteiger partial charge < -0.3 is 61.6 Å². The summed E-state index contributed by atoms with van der Waals surface area (Å²) in [4.78, 5) is 85.3. The summed E-state index contributed by atoms with van der Waals surface area (Å²) in [6.07, 6.45) is 12.4. The second kappa shape index (κ2) is 30.3. The maximum atomic E-state index is 13.6. The molecule has 8 N–H and O–H groups in total. The normalized spacial score (nSPS) is 15.4. The predicted octanol–water partition coefficient (Wildman–Crippen LogP) is 8.32. The van der Waals surface area contributed by atoms with Crippen LogP contribution in [0, 0.1) is 29.4 Å². The van der Waals surface area contributed by atoms with Gasteiger partial charge in [0.25, 0.3) is 17.7 Å². The van der Waals surface area contributed by atoms with Crippen molar-refractivity contribution in [3.05, 3.63) is 100 Å². The zero-order valence-electron chi connectivity index (χ0n) is 49.8. The first-order chi connectivity index (χ1) is 43.9. The van der Waals surface area contributed by atoms with E-state index in [9.17, 15) is 23.2 Å². The predicted molar refractivity (Wildman–Crippen MR) is 342 cm³/mol. The van der Waals surface area contributed by atoms with Crippen molar-refractivity contribution in [1.29, 1.82) is 0 Å². The van der Waals surface area contributed by atoms with Crippen molar-refractivity contribution >= 4 is 117 Å². The molecule has 0 bridgehead atoms. The second-order valence-corrected chi connectivity index (χ2v) is 24.8. The second-order valence-electron chi connectivity index (χ2n) is 21.8. The van der Waals surface area contributed by atoms with E-state index in [2.05, 4.69) is 92.4 Å². The van der Waals surface area contributed by atoms with Gasteiger partial charge in [-0.1, -0.05) is 34.0 Å². The molecule has 9 aromatic rings. The Bertz CT molecular complexity index is 3930. The van der Waals surface area contributed by atoms with E-state index in [-0.39, 0.29) is 29.6 Å². The smallest absolute Gasteiger partial charge is 0.280 e. The van der Waals surface area contributed by atoms with E-state index in [0.717, 1.165) is 77.8 Å². The topological polar surface area (TPSA) is 307 Å². The van der Waals surface area contributed by atoms with Gasteiger partial charge in [-0.2, -0.15) is 0 Å². The van der Waals surface area contributed by atoms with Gasteiger partial charge in [-0.15, -0.1) is 0 Å². The fraction of sp³-hybridized carbons (Fsp3) is 0.417. The first kappa shape index (κ1) is 63.0. The molecule has 4 aliphatic rings. The highest BCUT2D eigenvalue weighted by atomic mass is 32.1. The third kappa shape index (κ3) is 16.1. The Morgan fingerprint density at radius 3 is 1.64 bits per heavy atom. The molecule has 0 atom stereocenters. The Morgan fingerprint density at radius 1 is 0.622 bits per heavy atom. The number of nitrogens with zero attached hydrogens (tertiary/aromatic N) is 11. The minimum atomic E-state index is -0.391. The van der Waals surface area contributed by atoms with Crippen LogP contribution in [-0.2, 0) is 0 Å². The van der Waals surface area contributed by atoms with Crippen molar-refractivity contribution in [3.63, 3.8) is 0 Å². The highest BCUT2D eigenvalue weighted by molar-refractivity contribution is 7.20. The number of fused-ring (bicyclic) bond motifs is 4. The number of nitrogens with one attached hydrogen (secondary N) is 8. The molecule has 11 heterocycles. The number of carbonyl (C=O) groups excluding carboxylic acids is 3. The van der Waals surface area contributed by atoms with E-state index in [0.29, 0.717) is 155 Å². The Morgan fingerprint density at radius 2 is 1.11 bits per heavy atom. The van der Waals surface area contributed by atoms with Crippen molar-refractivity contribution in [3.8, 4) is 17.4 Å². The van der Waals surface area contributed by atoms with Crippen LogP contribution in [0.15, 0.2) is 73.7 Å². The maximum Gasteiger partial charge on any atom is 0.280 e. The third-order valence-corrected chi connectivity index (χ3v) is 18.0. The molecular formula is C60H69F2N19O6S3. The van der Waals surface area contributed by atoms with Crippen molar-refractivity contribution in [1.82, 2.24) is 81.7 Å². The molecule has 0 aliphatic carbocycles. The third-order valence-electron chi connectivity index (χ3n) is 15.1. The van der Waals surface area contributed by atoms with E-state index >= 15 is 0 Å². The Balaban J connectivity index is 0.000000139. The fourth-order valence-electron chi connectivity index (χ4n) is 10.5. The molecule has 7 aromatic heterocycles. The summed E-state index contributed by atoms with van der Waals surface area (Å²) in [5.74, 6) is 3.01. The van der Waals surface area contributed by atoms with Gasteiger partial charge in [-0.05, 0) is 153 Å². The summed E-state index contributed by atoms with van der Waals surface area (Å²) < 4.78 is 44.0. The van der Waals surface area contributed by atoms with Gasteiger partial charge in [0.05, 0.1) is 30.6 Å². The first-order valence-corrected chi connectivity index (χ1v) is 32.5. The standard InChI is InChI=1S/C20H21FN6O2S.C20H23FN6O2S.C20H25N7O2S/c21-13-1-2-14-15(9-13)29-8-7-27(14)17-16-19(25-11-24-17)30-20(26-16)18(28)23-10-12-3-5-22-6-4-12;1-2-29-15-9-13(21)3-4-14(15)26-17-16-19(25-11-24-17)30-20(27-16)18(28)23-10-12-5-7-22-8-6-12;1-12(2)29-18-14(4-3-7-22-18)26-16-15-19(25-11-24-16)30-20(27-15)17(28)23-10-13-5-8-21-9-6-13/h1-2,9,11-12,22H,3-8,10H2,(H,23,28);3-4,9,11-12,22H,2,5-8,10H2,1H3,(H,23,28)(H,24,25,26);3-4,7,11-13,21H,5-6,8-10H2,1-2H3,(H,23,28)(H,24,25,26). The Labute approximate surface area is 528 Å². The minimum Gasteiger partial charge on any atom is -0.492 e. The van der Waals surface area contributed by atoms with Gasteiger partial charge in [-0.3, -0.25) is 14.4 Å². The van der Waals surface area contributed by atoms with Crippen molar-refractivity contribution in [2.24, 2.45) is 17.8 Å². The van der Waals surface area contributed by atoms with Crippen LogP contribution >= 0.6 is 34.0 Å². The molecule has 3 saturated heterocycles. The number of pyridine rings is 1. The van der Waals surface area contributed by atoms with Crippen LogP contribution in [0.5, 0.6) is 17.4 Å². The van der Waals surface area contributed by atoms with Crippen LogP contribution in [0.3, 0.4) is 0 Å². The van der Waals surface area contributed by atoms with Crippen LogP contribution in [0.1, 0.15) is 88.7 Å². The summed E-state index contributed by atoms with van der Waals surface area (Å²) in [6.45, 7) is 15.0. The number of ether oxygens (including phenoxy) is 3. The zero-order valence-corrected chi connectivity index (χ0v) is 52.3. The lowest BCUT2D eigenvalue weighted by molar-refractivity contribution is 0.0936. The number of hydrogen-bond donors (Lipinski definition) is 8. The van der Waals surface area contributed by atoms with E-state index in [1.54, 1.807) is 18.3 Å². The monoisotopic (exact) mass is 1290 g/mol. The first-order valence-electron chi connectivity index (χ1n) is 30.0. The van der Waals surface area contributed by atoms with E-state index in [1.807, 2.05) is 37.8 Å². The molecule has 0 radical (unpaired) electrons. The van der Waals surface area contributed by atoms with Crippen LogP contribution in [0.25, 0.3) is 31.0 Å². The number of carbonyl (C=O) groups is 3. The van der Waals surface area contributed by atoms with Crippen LogP contribution < -0.4 is 61.6 Å². The molecule has 30 heteroatoms. The summed E-state index contributed by atoms with van der Waals surface area (Å²) in [6, 6.07) is 12.3. The molecule has 90 heavy (non-hydrogen) atoms. The van der Waals surface area contributed by atoms with Crippen molar-refractivity contribution in [2.45, 2.75) is 65.4 Å². The molecular weight excluding hydrogens is 1220 g/mol. The number of thiazole rings is 3.